The average Bonchev–Trinajstić information content (AvgIpc) is 2.56. The molecule has 0 spiro atoms. The molecule has 126 valence electrons. The van der Waals surface area contributed by atoms with Gasteiger partial charge in [0.2, 0.25) is 5.91 Å². The van der Waals surface area contributed by atoms with E-state index < -0.39 is 0 Å². The van der Waals surface area contributed by atoms with E-state index in [1.807, 2.05) is 24.3 Å². The number of ether oxygens (including phenoxy) is 1. The number of hydrogen-bond acceptors (Lipinski definition) is 3. The third-order valence-electron chi connectivity index (χ3n) is 3.14. The standard InChI is InChI=1S/C19H21FN2O2/c1-14(2)13-24-18-9-5-16(6-10-18)12-21-22-19(23)11-15-3-7-17(20)8-4-15/h3-10,12,14H,11,13H2,1-2H3,(H,22,23)/b21-12+. The molecule has 0 aliphatic rings. The minimum atomic E-state index is -0.321. The summed E-state index contributed by atoms with van der Waals surface area (Å²) in [6, 6.07) is 13.3. The van der Waals surface area contributed by atoms with E-state index in [1.54, 1.807) is 18.3 Å². The Morgan fingerprint density at radius 3 is 2.46 bits per heavy atom. The van der Waals surface area contributed by atoms with Gasteiger partial charge in [0.05, 0.1) is 19.2 Å². The van der Waals surface area contributed by atoms with E-state index in [4.69, 9.17) is 4.74 Å². The Bertz CT molecular complexity index is 680. The maximum Gasteiger partial charge on any atom is 0.244 e. The number of nitrogens with zero attached hydrogens (tertiary/aromatic N) is 1. The Kier molecular flexibility index (Phi) is 6.49. The third-order valence-corrected chi connectivity index (χ3v) is 3.14. The summed E-state index contributed by atoms with van der Waals surface area (Å²) in [5.74, 6) is 0.705. The first-order valence-corrected chi connectivity index (χ1v) is 7.82. The predicted molar refractivity (Wildman–Crippen MR) is 92.6 cm³/mol. The molecule has 0 aromatic heterocycles. The molecule has 2 rings (SSSR count). The van der Waals surface area contributed by atoms with Crippen molar-refractivity contribution in [3.05, 3.63) is 65.5 Å². The molecule has 1 N–H and O–H groups in total. The van der Waals surface area contributed by atoms with Gasteiger partial charge in [-0.3, -0.25) is 4.79 Å². The molecule has 2 aromatic rings. The minimum Gasteiger partial charge on any atom is -0.493 e. The van der Waals surface area contributed by atoms with Crippen LogP contribution in [0.1, 0.15) is 25.0 Å². The molecule has 0 saturated heterocycles. The highest BCUT2D eigenvalue weighted by Gasteiger charge is 2.02. The first kappa shape index (κ1) is 17.7. The second-order valence-electron chi connectivity index (χ2n) is 5.87. The Morgan fingerprint density at radius 1 is 1.17 bits per heavy atom. The number of nitrogens with one attached hydrogen (secondary N) is 1. The highest BCUT2D eigenvalue weighted by molar-refractivity contribution is 5.83. The van der Waals surface area contributed by atoms with Crippen LogP contribution < -0.4 is 10.2 Å². The lowest BCUT2D eigenvalue weighted by Gasteiger charge is -2.08. The summed E-state index contributed by atoms with van der Waals surface area (Å²) in [7, 11) is 0. The maximum absolute atomic E-state index is 12.8. The summed E-state index contributed by atoms with van der Waals surface area (Å²) in [5.41, 5.74) is 4.04. The van der Waals surface area contributed by atoms with Gasteiger partial charge >= 0.3 is 0 Å². The summed E-state index contributed by atoms with van der Waals surface area (Å²) in [5, 5.41) is 3.92. The third kappa shape index (κ3) is 6.20. The van der Waals surface area contributed by atoms with E-state index in [0.29, 0.717) is 12.5 Å². The van der Waals surface area contributed by atoms with Crippen LogP contribution in [0.4, 0.5) is 4.39 Å². The number of carbonyl (C=O) groups is 1. The van der Waals surface area contributed by atoms with Gasteiger partial charge in [0.15, 0.2) is 0 Å². The van der Waals surface area contributed by atoms with Crippen molar-refractivity contribution < 1.29 is 13.9 Å². The lowest BCUT2D eigenvalue weighted by Crippen LogP contribution is -2.19. The topological polar surface area (TPSA) is 50.7 Å². The van der Waals surface area contributed by atoms with Gasteiger partial charge in [-0.25, -0.2) is 9.82 Å². The van der Waals surface area contributed by atoms with Crippen molar-refractivity contribution >= 4 is 12.1 Å². The highest BCUT2D eigenvalue weighted by Crippen LogP contribution is 2.12. The van der Waals surface area contributed by atoms with Crippen LogP contribution >= 0.6 is 0 Å². The Hall–Kier alpha value is -2.69. The molecule has 0 bridgehead atoms. The van der Waals surface area contributed by atoms with Crippen LogP contribution in [-0.2, 0) is 11.2 Å². The predicted octanol–water partition coefficient (Wildman–Crippen LogP) is 3.55. The SMILES string of the molecule is CC(C)COc1ccc(/C=N/NC(=O)Cc2ccc(F)cc2)cc1. The second-order valence-corrected chi connectivity index (χ2v) is 5.87. The lowest BCUT2D eigenvalue weighted by molar-refractivity contribution is -0.120. The van der Waals surface area contributed by atoms with Gasteiger partial charge in [0, 0.05) is 0 Å². The molecule has 0 saturated carbocycles. The van der Waals surface area contributed by atoms with Crippen LogP contribution in [0.2, 0.25) is 0 Å². The molecule has 24 heavy (non-hydrogen) atoms. The molecular formula is C19H21FN2O2. The smallest absolute Gasteiger partial charge is 0.244 e. The quantitative estimate of drug-likeness (QED) is 0.624. The zero-order valence-electron chi connectivity index (χ0n) is 13.8. The van der Waals surface area contributed by atoms with Crippen molar-refractivity contribution in [1.82, 2.24) is 5.43 Å². The van der Waals surface area contributed by atoms with Gasteiger partial charge in [-0.05, 0) is 53.4 Å². The Balaban J connectivity index is 1.80. The van der Waals surface area contributed by atoms with E-state index in [2.05, 4.69) is 24.4 Å². The van der Waals surface area contributed by atoms with E-state index in [1.165, 1.54) is 12.1 Å². The number of rotatable bonds is 7. The average molecular weight is 328 g/mol. The van der Waals surface area contributed by atoms with Gasteiger partial charge in [0.1, 0.15) is 11.6 Å². The van der Waals surface area contributed by atoms with E-state index in [0.717, 1.165) is 16.9 Å². The fraction of sp³-hybridized carbons (Fsp3) is 0.263. The Morgan fingerprint density at radius 2 is 1.83 bits per heavy atom. The fourth-order valence-corrected chi connectivity index (χ4v) is 1.92. The van der Waals surface area contributed by atoms with Crippen LogP contribution in [0.5, 0.6) is 5.75 Å². The first-order valence-electron chi connectivity index (χ1n) is 7.82. The lowest BCUT2D eigenvalue weighted by atomic mass is 10.1. The zero-order valence-corrected chi connectivity index (χ0v) is 13.8. The molecule has 0 heterocycles. The number of carbonyl (C=O) groups excluding carboxylic acids is 1. The highest BCUT2D eigenvalue weighted by atomic mass is 19.1. The summed E-state index contributed by atoms with van der Waals surface area (Å²) in [6.45, 7) is 4.86. The van der Waals surface area contributed by atoms with Gasteiger partial charge in [-0.2, -0.15) is 5.10 Å². The van der Waals surface area contributed by atoms with Crippen LogP contribution in [-0.4, -0.2) is 18.7 Å². The second kappa shape index (κ2) is 8.82. The molecule has 0 unspecified atom stereocenters. The van der Waals surface area contributed by atoms with Crippen LogP contribution in [0.3, 0.4) is 0 Å². The van der Waals surface area contributed by atoms with Gasteiger partial charge < -0.3 is 4.74 Å². The van der Waals surface area contributed by atoms with Crippen LogP contribution in [0.15, 0.2) is 53.6 Å². The molecule has 4 nitrogen and oxygen atoms in total. The number of amides is 1. The van der Waals surface area contributed by atoms with Crippen molar-refractivity contribution in [1.29, 1.82) is 0 Å². The normalized spacial score (nSPS) is 11.0. The summed E-state index contributed by atoms with van der Waals surface area (Å²) in [4.78, 5) is 11.8. The molecular weight excluding hydrogens is 307 g/mol. The van der Waals surface area contributed by atoms with Crippen molar-refractivity contribution in [3.63, 3.8) is 0 Å². The number of hydrazone groups is 1. The fourth-order valence-electron chi connectivity index (χ4n) is 1.92. The van der Waals surface area contributed by atoms with Gasteiger partial charge in [-0.1, -0.05) is 26.0 Å². The van der Waals surface area contributed by atoms with Crippen LogP contribution in [0.25, 0.3) is 0 Å². The van der Waals surface area contributed by atoms with Gasteiger partial charge in [-0.15, -0.1) is 0 Å². The summed E-state index contributed by atoms with van der Waals surface area (Å²) in [6.07, 6.45) is 1.72. The Labute approximate surface area is 141 Å². The van der Waals surface area contributed by atoms with Crippen molar-refractivity contribution in [2.24, 2.45) is 11.0 Å². The summed E-state index contributed by atoms with van der Waals surface area (Å²) < 4.78 is 18.4. The van der Waals surface area contributed by atoms with E-state index >= 15 is 0 Å². The molecule has 1 amide bonds. The number of halogens is 1. The van der Waals surface area contributed by atoms with Crippen molar-refractivity contribution in [2.75, 3.05) is 6.61 Å². The molecule has 0 aliphatic carbocycles. The monoisotopic (exact) mass is 328 g/mol. The number of benzene rings is 2. The summed E-state index contributed by atoms with van der Waals surface area (Å²) >= 11 is 0. The minimum absolute atomic E-state index is 0.152. The largest absolute Gasteiger partial charge is 0.493 e. The molecule has 0 atom stereocenters. The van der Waals surface area contributed by atoms with E-state index in [9.17, 15) is 9.18 Å². The molecule has 0 radical (unpaired) electrons. The molecule has 0 aliphatic heterocycles. The molecule has 5 heteroatoms. The van der Waals surface area contributed by atoms with Crippen molar-refractivity contribution in [2.45, 2.75) is 20.3 Å². The first-order chi connectivity index (χ1) is 11.5. The van der Waals surface area contributed by atoms with Crippen molar-refractivity contribution in [3.8, 4) is 5.75 Å². The molecule has 2 aromatic carbocycles. The van der Waals surface area contributed by atoms with Gasteiger partial charge in [0.25, 0.3) is 0 Å². The maximum atomic E-state index is 12.8. The number of hydrogen-bond donors (Lipinski definition) is 1. The van der Waals surface area contributed by atoms with Crippen LogP contribution in [0, 0.1) is 11.7 Å². The van der Waals surface area contributed by atoms with E-state index in [-0.39, 0.29) is 18.1 Å². The molecule has 0 fully saturated rings. The zero-order chi connectivity index (χ0) is 17.4.